The monoisotopic (exact) mass is 443 g/mol. The van der Waals surface area contributed by atoms with Gasteiger partial charge in [-0.15, -0.1) is 0 Å². The molecule has 1 N–H and O–H groups in total. The Morgan fingerprint density at radius 2 is 1.78 bits per heavy atom. The van der Waals surface area contributed by atoms with Gasteiger partial charge in [0.2, 0.25) is 0 Å². The van der Waals surface area contributed by atoms with E-state index in [4.69, 9.17) is 0 Å². The number of carboxylic acids is 1. The Hall–Kier alpha value is -3.09. The van der Waals surface area contributed by atoms with E-state index in [-0.39, 0.29) is 11.6 Å². The summed E-state index contributed by atoms with van der Waals surface area (Å²) >= 11 is 0. The van der Waals surface area contributed by atoms with E-state index in [2.05, 4.69) is 6.92 Å². The van der Waals surface area contributed by atoms with Crippen LogP contribution in [0, 0.1) is 5.92 Å². The second kappa shape index (κ2) is 8.45. The zero-order valence-corrected chi connectivity index (χ0v) is 17.7. The molecule has 0 aliphatic heterocycles. The SMILES string of the molecule is CCC(C1CCCC1)n1cc(C(=O)C(=O)O)c2cc(-c3cccc(C(F)(F)F)c3)ccc21. The third kappa shape index (κ3) is 4.04. The molecule has 3 aromatic rings. The third-order valence-electron chi connectivity index (χ3n) is 6.51. The van der Waals surface area contributed by atoms with Crippen molar-refractivity contribution in [1.82, 2.24) is 4.57 Å². The van der Waals surface area contributed by atoms with Gasteiger partial charge in [-0.3, -0.25) is 4.79 Å². The summed E-state index contributed by atoms with van der Waals surface area (Å²) in [6, 6.07) is 10.2. The average Bonchev–Trinajstić information content (AvgIpc) is 3.42. The number of benzene rings is 2. The molecule has 4 rings (SSSR count). The number of ketones is 1. The van der Waals surface area contributed by atoms with Crippen molar-refractivity contribution in [1.29, 1.82) is 0 Å². The van der Waals surface area contributed by atoms with Crippen LogP contribution in [0.4, 0.5) is 13.2 Å². The van der Waals surface area contributed by atoms with Gasteiger partial charge in [0.15, 0.2) is 0 Å². The van der Waals surface area contributed by atoms with E-state index < -0.39 is 23.5 Å². The van der Waals surface area contributed by atoms with Gasteiger partial charge in [0.05, 0.1) is 11.1 Å². The Morgan fingerprint density at radius 1 is 1.09 bits per heavy atom. The smallest absolute Gasteiger partial charge is 0.416 e. The fraction of sp³-hybridized carbons (Fsp3) is 0.360. The Balaban J connectivity index is 1.87. The first-order valence-corrected chi connectivity index (χ1v) is 10.8. The van der Waals surface area contributed by atoms with E-state index in [0.29, 0.717) is 22.4 Å². The van der Waals surface area contributed by atoms with Crippen molar-refractivity contribution in [2.75, 3.05) is 0 Å². The van der Waals surface area contributed by atoms with Gasteiger partial charge >= 0.3 is 12.1 Å². The maximum absolute atomic E-state index is 13.2. The van der Waals surface area contributed by atoms with Crippen LogP contribution in [0.3, 0.4) is 0 Å². The quantitative estimate of drug-likeness (QED) is 0.339. The molecule has 1 fully saturated rings. The van der Waals surface area contributed by atoms with Crippen LogP contribution in [0.1, 0.15) is 61.0 Å². The van der Waals surface area contributed by atoms with Crippen molar-refractivity contribution < 1.29 is 27.9 Å². The lowest BCUT2D eigenvalue weighted by molar-refractivity contribution is -0.137. The van der Waals surface area contributed by atoms with Crippen molar-refractivity contribution in [2.45, 2.75) is 51.2 Å². The second-order valence-electron chi connectivity index (χ2n) is 8.41. The molecular formula is C25H24F3NO3. The van der Waals surface area contributed by atoms with E-state index in [1.165, 1.54) is 6.07 Å². The van der Waals surface area contributed by atoms with Crippen LogP contribution in [-0.4, -0.2) is 21.4 Å². The highest BCUT2D eigenvalue weighted by Gasteiger charge is 2.31. The first kappa shape index (κ1) is 22.1. The first-order valence-electron chi connectivity index (χ1n) is 10.8. The van der Waals surface area contributed by atoms with E-state index in [9.17, 15) is 27.9 Å². The number of fused-ring (bicyclic) bond motifs is 1. The largest absolute Gasteiger partial charge is 0.475 e. The number of alkyl halides is 3. The summed E-state index contributed by atoms with van der Waals surface area (Å²) in [5, 5.41) is 9.79. The van der Waals surface area contributed by atoms with Crippen molar-refractivity contribution in [2.24, 2.45) is 5.92 Å². The number of aliphatic carboxylic acids is 1. The van der Waals surface area contributed by atoms with Gasteiger partial charge in [-0.05, 0) is 60.6 Å². The molecule has 1 aliphatic carbocycles. The van der Waals surface area contributed by atoms with Crippen molar-refractivity contribution >= 4 is 22.7 Å². The van der Waals surface area contributed by atoms with Crippen LogP contribution in [0.25, 0.3) is 22.0 Å². The predicted molar refractivity (Wildman–Crippen MR) is 116 cm³/mol. The van der Waals surface area contributed by atoms with Crippen LogP contribution in [0.5, 0.6) is 0 Å². The molecule has 2 aromatic carbocycles. The van der Waals surface area contributed by atoms with E-state index in [0.717, 1.165) is 49.8 Å². The molecule has 0 amide bonds. The summed E-state index contributed by atoms with van der Waals surface area (Å²) in [5.74, 6) is -2.12. The molecule has 32 heavy (non-hydrogen) atoms. The van der Waals surface area contributed by atoms with Crippen molar-refractivity contribution in [3.8, 4) is 11.1 Å². The number of carbonyl (C=O) groups excluding carboxylic acids is 1. The number of rotatable bonds is 6. The summed E-state index contributed by atoms with van der Waals surface area (Å²) < 4.78 is 41.5. The standard InChI is InChI=1S/C25H24F3NO3/c1-2-21(15-6-3-4-7-15)29-14-20(23(30)24(31)32)19-13-17(10-11-22(19)29)16-8-5-9-18(12-16)25(26,27)28/h5,8-15,21H,2-4,6-7H2,1H3,(H,31,32). The zero-order valence-electron chi connectivity index (χ0n) is 17.7. The fourth-order valence-electron chi connectivity index (χ4n) is 4.98. The molecule has 4 nitrogen and oxygen atoms in total. The van der Waals surface area contributed by atoms with E-state index in [1.54, 1.807) is 30.5 Å². The lowest BCUT2D eigenvalue weighted by atomic mass is 9.95. The minimum Gasteiger partial charge on any atom is -0.475 e. The van der Waals surface area contributed by atoms with Crippen LogP contribution in [0.2, 0.25) is 0 Å². The van der Waals surface area contributed by atoms with Gasteiger partial charge in [0.1, 0.15) is 0 Å². The normalized spacial score (nSPS) is 15.9. The maximum atomic E-state index is 13.2. The second-order valence-corrected chi connectivity index (χ2v) is 8.41. The number of carboxylic acid groups (broad SMARTS) is 1. The number of hydrogen-bond acceptors (Lipinski definition) is 2. The number of aromatic nitrogens is 1. The van der Waals surface area contributed by atoms with E-state index in [1.807, 2.05) is 4.57 Å². The molecule has 0 bridgehead atoms. The molecule has 0 radical (unpaired) electrons. The summed E-state index contributed by atoms with van der Waals surface area (Å²) in [7, 11) is 0. The Morgan fingerprint density at radius 3 is 2.41 bits per heavy atom. The van der Waals surface area contributed by atoms with Gasteiger partial charge in [0, 0.05) is 23.1 Å². The van der Waals surface area contributed by atoms with Crippen LogP contribution in [-0.2, 0) is 11.0 Å². The average molecular weight is 443 g/mol. The maximum Gasteiger partial charge on any atom is 0.416 e. The van der Waals surface area contributed by atoms with Gasteiger partial charge in [-0.25, -0.2) is 4.79 Å². The summed E-state index contributed by atoms with van der Waals surface area (Å²) in [5.41, 5.74) is 0.879. The number of hydrogen-bond donors (Lipinski definition) is 1. The molecule has 1 unspecified atom stereocenters. The number of halogens is 3. The Kier molecular flexibility index (Phi) is 5.84. The van der Waals surface area contributed by atoms with Gasteiger partial charge < -0.3 is 9.67 Å². The van der Waals surface area contributed by atoms with Gasteiger partial charge in [-0.2, -0.15) is 13.2 Å². The molecule has 1 heterocycles. The van der Waals surface area contributed by atoms with Crippen LogP contribution < -0.4 is 0 Å². The number of nitrogens with zero attached hydrogens (tertiary/aromatic N) is 1. The predicted octanol–water partition coefficient (Wildman–Crippen LogP) is 6.74. The molecule has 7 heteroatoms. The Labute approximate surface area is 183 Å². The van der Waals surface area contributed by atoms with Crippen LogP contribution >= 0.6 is 0 Å². The minimum absolute atomic E-state index is 0.0674. The molecule has 1 atom stereocenters. The van der Waals surface area contributed by atoms with Gasteiger partial charge in [0.25, 0.3) is 5.78 Å². The number of carbonyl (C=O) groups is 2. The lowest BCUT2D eigenvalue weighted by Gasteiger charge is -2.25. The molecule has 1 aliphatic rings. The fourth-order valence-corrected chi connectivity index (χ4v) is 4.98. The zero-order chi connectivity index (χ0) is 23.0. The molecule has 0 saturated heterocycles. The van der Waals surface area contributed by atoms with E-state index >= 15 is 0 Å². The minimum atomic E-state index is -4.47. The summed E-state index contributed by atoms with van der Waals surface area (Å²) in [6.45, 7) is 2.07. The topological polar surface area (TPSA) is 59.3 Å². The molecule has 168 valence electrons. The Bertz CT molecular complexity index is 1170. The molecule has 1 saturated carbocycles. The molecule has 1 aromatic heterocycles. The first-order chi connectivity index (χ1) is 15.2. The summed E-state index contributed by atoms with van der Waals surface area (Å²) in [6.07, 6.45) is 2.46. The molecule has 0 spiro atoms. The highest BCUT2D eigenvalue weighted by molar-refractivity contribution is 6.42. The van der Waals surface area contributed by atoms with Gasteiger partial charge in [-0.1, -0.05) is 38.0 Å². The lowest BCUT2D eigenvalue weighted by Crippen LogP contribution is -2.16. The summed E-state index contributed by atoms with van der Waals surface area (Å²) in [4.78, 5) is 24.0. The van der Waals surface area contributed by atoms with Crippen LogP contribution in [0.15, 0.2) is 48.7 Å². The highest BCUT2D eigenvalue weighted by atomic mass is 19.4. The molecular weight excluding hydrogens is 419 g/mol. The van der Waals surface area contributed by atoms with Crippen molar-refractivity contribution in [3.05, 3.63) is 59.8 Å². The third-order valence-corrected chi connectivity index (χ3v) is 6.51. The number of Topliss-reactive ketones (excluding diaryl/α,β-unsaturated/α-hetero) is 1. The van der Waals surface area contributed by atoms with Crippen molar-refractivity contribution in [3.63, 3.8) is 0 Å². The highest BCUT2D eigenvalue weighted by Crippen LogP contribution is 2.40.